The van der Waals surface area contributed by atoms with E-state index < -0.39 is 16.8 Å². The van der Waals surface area contributed by atoms with E-state index in [2.05, 4.69) is 5.32 Å². The highest BCUT2D eigenvalue weighted by atomic mass is 35.5. The van der Waals surface area contributed by atoms with E-state index in [1.807, 2.05) is 12.1 Å². The minimum atomic E-state index is -0.901. The number of carbonyl (C=O) groups excluding carboxylic acids is 2. The highest BCUT2D eigenvalue weighted by molar-refractivity contribution is 6.31. The van der Waals surface area contributed by atoms with Gasteiger partial charge in [0.1, 0.15) is 0 Å². The molecule has 0 unspecified atom stereocenters. The fraction of sp³-hybridized carbons (Fsp3) is 0.333. The first-order valence-corrected chi connectivity index (χ1v) is 12.1. The number of rotatable bonds is 7. The Labute approximate surface area is 219 Å². The molecule has 0 saturated heterocycles. The molecule has 10 heteroatoms. The van der Waals surface area contributed by atoms with E-state index in [0.717, 1.165) is 5.56 Å². The van der Waals surface area contributed by atoms with Gasteiger partial charge in [0.15, 0.2) is 17.3 Å². The third-order valence-corrected chi connectivity index (χ3v) is 7.05. The van der Waals surface area contributed by atoms with Crippen LogP contribution in [0.4, 0.5) is 5.69 Å². The van der Waals surface area contributed by atoms with Crippen LogP contribution in [0, 0.1) is 10.1 Å². The van der Waals surface area contributed by atoms with Gasteiger partial charge < -0.3 is 19.5 Å². The zero-order chi connectivity index (χ0) is 26.9. The predicted molar refractivity (Wildman–Crippen MR) is 137 cm³/mol. The maximum Gasteiger partial charge on any atom is 0.336 e. The molecular weight excluding hydrogens is 500 g/mol. The number of ketones is 1. The molecule has 0 radical (unpaired) electrons. The summed E-state index contributed by atoms with van der Waals surface area (Å²) >= 11 is 6.52. The number of esters is 1. The molecule has 2 atom stereocenters. The molecule has 9 nitrogen and oxygen atoms in total. The van der Waals surface area contributed by atoms with Crippen LogP contribution >= 0.6 is 11.6 Å². The number of dihydropyridines is 1. The van der Waals surface area contributed by atoms with Crippen LogP contribution in [-0.2, 0) is 14.3 Å². The number of methoxy groups -OCH3 is 2. The monoisotopic (exact) mass is 526 g/mol. The van der Waals surface area contributed by atoms with Gasteiger partial charge in [0, 0.05) is 46.5 Å². The molecule has 0 bridgehead atoms. The Hall–Kier alpha value is -3.85. The smallest absolute Gasteiger partial charge is 0.336 e. The number of nitro benzene ring substituents is 1. The number of ether oxygens (including phenoxy) is 3. The molecular formula is C27H27ClN2O7. The van der Waals surface area contributed by atoms with Gasteiger partial charge in [-0.05, 0) is 55.5 Å². The average Bonchev–Trinajstić information content (AvgIpc) is 2.87. The summed E-state index contributed by atoms with van der Waals surface area (Å²) in [4.78, 5) is 37.8. The SMILES string of the molecule is CCOC(=O)C1=C(C)NC2=C(C(=O)C[C@H](c3ccc(OC)c(OC)c3)C2)[C@@H]1c1cc([N+](=O)[O-])ccc1Cl. The minimum Gasteiger partial charge on any atom is -0.493 e. The highest BCUT2D eigenvalue weighted by Crippen LogP contribution is 2.48. The lowest BCUT2D eigenvalue weighted by atomic mass is 9.71. The number of benzene rings is 2. The molecule has 4 rings (SSSR count). The van der Waals surface area contributed by atoms with E-state index in [-0.39, 0.29) is 41.0 Å². The summed E-state index contributed by atoms with van der Waals surface area (Å²) < 4.78 is 16.1. The average molecular weight is 527 g/mol. The molecule has 1 aliphatic carbocycles. The number of allylic oxidation sites excluding steroid dienone is 3. The number of non-ortho nitro benzene ring substituents is 1. The zero-order valence-corrected chi connectivity index (χ0v) is 21.7. The molecule has 0 amide bonds. The Morgan fingerprint density at radius 3 is 2.51 bits per heavy atom. The van der Waals surface area contributed by atoms with Crippen molar-refractivity contribution >= 4 is 29.0 Å². The summed E-state index contributed by atoms with van der Waals surface area (Å²) in [7, 11) is 3.11. The first-order chi connectivity index (χ1) is 17.7. The Bertz CT molecular complexity index is 1350. The summed E-state index contributed by atoms with van der Waals surface area (Å²) in [5.41, 5.74) is 2.76. The normalized spacial score (nSPS) is 19.2. The maximum absolute atomic E-state index is 13.7. The topological polar surface area (TPSA) is 117 Å². The number of halogens is 1. The van der Waals surface area contributed by atoms with Gasteiger partial charge in [-0.25, -0.2) is 4.79 Å². The molecule has 37 heavy (non-hydrogen) atoms. The predicted octanol–water partition coefficient (Wildman–Crippen LogP) is 5.19. The van der Waals surface area contributed by atoms with Crippen LogP contribution < -0.4 is 14.8 Å². The second-order valence-corrected chi connectivity index (χ2v) is 9.22. The summed E-state index contributed by atoms with van der Waals surface area (Å²) in [6.45, 7) is 3.54. The van der Waals surface area contributed by atoms with Crippen LogP contribution in [0.25, 0.3) is 0 Å². The first-order valence-electron chi connectivity index (χ1n) is 11.8. The van der Waals surface area contributed by atoms with Gasteiger partial charge in [-0.15, -0.1) is 0 Å². The second-order valence-electron chi connectivity index (χ2n) is 8.82. The molecule has 194 valence electrons. The molecule has 2 aromatic carbocycles. The number of hydrogen-bond donors (Lipinski definition) is 1. The van der Waals surface area contributed by atoms with Gasteiger partial charge in [0.25, 0.3) is 5.69 Å². The Kier molecular flexibility index (Phi) is 7.54. The van der Waals surface area contributed by atoms with Gasteiger partial charge in [0.05, 0.1) is 31.3 Å². The maximum atomic E-state index is 13.7. The van der Waals surface area contributed by atoms with Crippen molar-refractivity contribution in [2.45, 2.75) is 38.5 Å². The highest BCUT2D eigenvalue weighted by Gasteiger charge is 2.42. The van der Waals surface area contributed by atoms with E-state index in [0.29, 0.717) is 40.5 Å². The molecule has 0 aromatic heterocycles. The van der Waals surface area contributed by atoms with Crippen LogP contribution in [0.1, 0.15) is 49.7 Å². The summed E-state index contributed by atoms with van der Waals surface area (Å²) in [6.07, 6.45) is 0.654. The van der Waals surface area contributed by atoms with Crippen molar-refractivity contribution in [2.24, 2.45) is 0 Å². The van der Waals surface area contributed by atoms with Crippen molar-refractivity contribution in [3.8, 4) is 11.5 Å². The van der Waals surface area contributed by atoms with Crippen LogP contribution in [0.5, 0.6) is 11.5 Å². The van der Waals surface area contributed by atoms with Crippen molar-refractivity contribution in [2.75, 3.05) is 20.8 Å². The van der Waals surface area contributed by atoms with Crippen molar-refractivity contribution in [3.63, 3.8) is 0 Å². The minimum absolute atomic E-state index is 0.131. The van der Waals surface area contributed by atoms with Crippen molar-refractivity contribution in [1.29, 1.82) is 0 Å². The zero-order valence-electron chi connectivity index (χ0n) is 20.9. The van der Waals surface area contributed by atoms with Gasteiger partial charge in [-0.1, -0.05) is 17.7 Å². The lowest BCUT2D eigenvalue weighted by Gasteiger charge is -2.37. The molecule has 2 aromatic rings. The van der Waals surface area contributed by atoms with Crippen molar-refractivity contribution in [3.05, 3.63) is 85.2 Å². The van der Waals surface area contributed by atoms with E-state index in [1.165, 1.54) is 18.2 Å². The third-order valence-electron chi connectivity index (χ3n) is 6.70. The van der Waals surface area contributed by atoms with E-state index in [9.17, 15) is 19.7 Å². The number of nitro groups is 1. The summed E-state index contributed by atoms with van der Waals surface area (Å²) in [5, 5.41) is 15.0. The Balaban J connectivity index is 1.84. The molecule has 0 spiro atoms. The number of hydrogen-bond acceptors (Lipinski definition) is 8. The first kappa shape index (κ1) is 26.2. The van der Waals surface area contributed by atoms with Crippen LogP contribution in [-0.4, -0.2) is 37.5 Å². The van der Waals surface area contributed by atoms with Crippen LogP contribution in [0.15, 0.2) is 58.9 Å². The quantitative estimate of drug-likeness (QED) is 0.297. The standard InChI is InChI=1S/C27H27ClN2O7/c1-5-37-27(32)24-14(2)29-20-10-16(15-6-9-22(35-3)23(12-15)36-4)11-21(31)26(20)25(24)18-13-17(30(33)34)7-8-19(18)28/h6-9,12-13,16,25,29H,5,10-11H2,1-4H3/t16-,25-/m1/s1. The van der Waals surface area contributed by atoms with Gasteiger partial charge >= 0.3 is 5.97 Å². The van der Waals surface area contributed by atoms with E-state index in [1.54, 1.807) is 34.1 Å². The number of carbonyl (C=O) groups is 2. The second kappa shape index (κ2) is 10.6. The number of nitrogens with one attached hydrogen (secondary N) is 1. The number of Topliss-reactive ketones (excluding diaryl/α,β-unsaturated/α-hetero) is 1. The molecule has 1 N–H and O–H groups in total. The lowest BCUT2D eigenvalue weighted by Crippen LogP contribution is -2.36. The molecule has 0 saturated carbocycles. The van der Waals surface area contributed by atoms with E-state index in [4.69, 9.17) is 25.8 Å². The van der Waals surface area contributed by atoms with Gasteiger partial charge in [-0.2, -0.15) is 0 Å². The van der Waals surface area contributed by atoms with Crippen LogP contribution in [0.3, 0.4) is 0 Å². The Morgan fingerprint density at radius 2 is 1.86 bits per heavy atom. The van der Waals surface area contributed by atoms with Crippen molar-refractivity contribution < 1.29 is 28.7 Å². The third kappa shape index (κ3) is 4.91. The molecule has 1 heterocycles. The summed E-state index contributed by atoms with van der Waals surface area (Å²) in [6, 6.07) is 9.57. The van der Waals surface area contributed by atoms with Gasteiger partial charge in [-0.3, -0.25) is 14.9 Å². The van der Waals surface area contributed by atoms with Crippen LogP contribution in [0.2, 0.25) is 5.02 Å². The Morgan fingerprint density at radius 1 is 1.14 bits per heavy atom. The fourth-order valence-corrected chi connectivity index (χ4v) is 5.26. The number of nitrogens with zero attached hydrogens (tertiary/aromatic N) is 1. The fourth-order valence-electron chi connectivity index (χ4n) is 5.04. The summed E-state index contributed by atoms with van der Waals surface area (Å²) in [5.74, 6) is -0.705. The largest absolute Gasteiger partial charge is 0.493 e. The molecule has 1 aliphatic heterocycles. The molecule has 2 aliphatic rings. The molecule has 0 fully saturated rings. The lowest BCUT2D eigenvalue weighted by molar-refractivity contribution is -0.384. The van der Waals surface area contributed by atoms with E-state index >= 15 is 0 Å². The van der Waals surface area contributed by atoms with Crippen molar-refractivity contribution in [1.82, 2.24) is 5.32 Å². The van der Waals surface area contributed by atoms with Gasteiger partial charge in [0.2, 0.25) is 0 Å².